The number of halogens is 4. The molecule has 0 fully saturated rings. The summed E-state index contributed by atoms with van der Waals surface area (Å²) in [7, 11) is 1.35. The molecule has 1 atom stereocenters. The van der Waals surface area contributed by atoms with Crippen molar-refractivity contribution in [3.8, 4) is 5.75 Å². The van der Waals surface area contributed by atoms with Crippen LogP contribution >= 0.6 is 0 Å². The van der Waals surface area contributed by atoms with E-state index in [1.54, 1.807) is 0 Å². The van der Waals surface area contributed by atoms with E-state index in [2.05, 4.69) is 0 Å². The fourth-order valence-electron chi connectivity index (χ4n) is 1.19. The first-order valence-electron chi connectivity index (χ1n) is 4.49. The lowest BCUT2D eigenvalue weighted by molar-refractivity contribution is -0.147. The van der Waals surface area contributed by atoms with Gasteiger partial charge in [-0.1, -0.05) is 0 Å². The Bertz CT molecular complexity index is 364. The third-order valence-corrected chi connectivity index (χ3v) is 2.11. The molecule has 0 saturated carbocycles. The number of alkyl halides is 3. The molecule has 2 N–H and O–H groups in total. The maximum Gasteiger partial charge on any atom is 0.403 e. The Kier molecular flexibility index (Phi) is 3.74. The number of hydrogen-bond acceptors (Lipinski definition) is 2. The standard InChI is InChI=1S/C10H11F4NO/c1-16-7-2-3-8(11)6(4-7)5-9(15)10(12,13)14/h2-4,9H,5,15H2,1H3. The molecule has 0 amide bonds. The van der Waals surface area contributed by atoms with E-state index in [-0.39, 0.29) is 5.56 Å². The van der Waals surface area contributed by atoms with Crippen LogP contribution in [0.3, 0.4) is 0 Å². The number of ether oxygens (including phenoxy) is 1. The molecule has 0 aliphatic heterocycles. The lowest BCUT2D eigenvalue weighted by Gasteiger charge is -2.16. The molecule has 0 aromatic heterocycles. The van der Waals surface area contributed by atoms with E-state index in [4.69, 9.17) is 10.5 Å². The summed E-state index contributed by atoms with van der Waals surface area (Å²) in [5, 5.41) is 0. The summed E-state index contributed by atoms with van der Waals surface area (Å²) >= 11 is 0. The fourth-order valence-corrected chi connectivity index (χ4v) is 1.19. The Labute approximate surface area is 90.0 Å². The van der Waals surface area contributed by atoms with Gasteiger partial charge in [0.15, 0.2) is 0 Å². The van der Waals surface area contributed by atoms with Crippen molar-refractivity contribution in [2.24, 2.45) is 5.73 Å². The minimum atomic E-state index is -4.53. The van der Waals surface area contributed by atoms with Crippen LogP contribution in [-0.4, -0.2) is 19.3 Å². The van der Waals surface area contributed by atoms with Crippen molar-refractivity contribution in [3.05, 3.63) is 29.6 Å². The topological polar surface area (TPSA) is 35.2 Å². The highest BCUT2D eigenvalue weighted by atomic mass is 19.4. The van der Waals surface area contributed by atoms with Gasteiger partial charge in [0, 0.05) is 0 Å². The maximum atomic E-state index is 13.2. The van der Waals surface area contributed by atoms with Gasteiger partial charge in [-0.15, -0.1) is 0 Å². The van der Waals surface area contributed by atoms with E-state index >= 15 is 0 Å². The Morgan fingerprint density at radius 1 is 1.38 bits per heavy atom. The van der Waals surface area contributed by atoms with Gasteiger partial charge < -0.3 is 10.5 Å². The Morgan fingerprint density at radius 2 is 2.00 bits per heavy atom. The van der Waals surface area contributed by atoms with Crippen molar-refractivity contribution in [2.45, 2.75) is 18.6 Å². The molecule has 0 spiro atoms. The Balaban J connectivity index is 2.88. The SMILES string of the molecule is COc1ccc(F)c(CC(N)C(F)(F)F)c1. The lowest BCUT2D eigenvalue weighted by atomic mass is 10.1. The van der Waals surface area contributed by atoms with Gasteiger partial charge in [-0.3, -0.25) is 0 Å². The zero-order valence-electron chi connectivity index (χ0n) is 8.51. The molecule has 90 valence electrons. The molecule has 0 aliphatic carbocycles. The van der Waals surface area contributed by atoms with Crippen LogP contribution in [0.15, 0.2) is 18.2 Å². The number of hydrogen-bond donors (Lipinski definition) is 1. The van der Waals surface area contributed by atoms with Gasteiger partial charge in [0.05, 0.1) is 7.11 Å². The first-order valence-corrected chi connectivity index (χ1v) is 4.49. The van der Waals surface area contributed by atoms with Crippen LogP contribution in [0.5, 0.6) is 5.75 Å². The van der Waals surface area contributed by atoms with E-state index in [0.29, 0.717) is 5.75 Å². The highest BCUT2D eigenvalue weighted by Gasteiger charge is 2.36. The summed E-state index contributed by atoms with van der Waals surface area (Å²) in [4.78, 5) is 0. The maximum absolute atomic E-state index is 13.2. The molecule has 1 aromatic rings. The van der Waals surface area contributed by atoms with Crippen LogP contribution in [0.2, 0.25) is 0 Å². The van der Waals surface area contributed by atoms with Gasteiger partial charge in [0.25, 0.3) is 0 Å². The summed E-state index contributed by atoms with van der Waals surface area (Å²) in [6.07, 6.45) is -5.14. The molecule has 16 heavy (non-hydrogen) atoms. The molecular formula is C10H11F4NO. The second-order valence-corrected chi connectivity index (χ2v) is 3.31. The normalized spacial score (nSPS) is 13.6. The van der Waals surface area contributed by atoms with Crippen LogP contribution in [0.25, 0.3) is 0 Å². The largest absolute Gasteiger partial charge is 0.497 e. The van der Waals surface area contributed by atoms with Crippen LogP contribution in [0.1, 0.15) is 5.56 Å². The van der Waals surface area contributed by atoms with Gasteiger partial charge in [-0.2, -0.15) is 13.2 Å². The van der Waals surface area contributed by atoms with Crippen LogP contribution in [0, 0.1) is 5.82 Å². The predicted octanol–water partition coefficient (Wildman–Crippen LogP) is 2.27. The average Bonchev–Trinajstić information content (AvgIpc) is 2.19. The molecule has 0 saturated heterocycles. The monoisotopic (exact) mass is 237 g/mol. The summed E-state index contributed by atoms with van der Waals surface area (Å²) in [6.45, 7) is 0. The first-order chi connectivity index (χ1) is 7.34. The second kappa shape index (κ2) is 4.69. The zero-order chi connectivity index (χ0) is 12.3. The van der Waals surface area contributed by atoms with Crippen LogP contribution in [0.4, 0.5) is 17.6 Å². The molecule has 6 heteroatoms. The molecule has 1 rings (SSSR count). The highest BCUT2D eigenvalue weighted by molar-refractivity contribution is 5.30. The molecule has 1 aromatic carbocycles. The van der Waals surface area contributed by atoms with Gasteiger partial charge >= 0.3 is 6.18 Å². The minimum absolute atomic E-state index is 0.107. The third kappa shape index (κ3) is 3.10. The predicted molar refractivity (Wildman–Crippen MR) is 50.7 cm³/mol. The van der Waals surface area contributed by atoms with Crippen molar-refractivity contribution in [1.82, 2.24) is 0 Å². The number of nitrogens with two attached hydrogens (primary N) is 1. The summed E-state index contributed by atoms with van der Waals surface area (Å²) < 4.78 is 54.5. The average molecular weight is 237 g/mol. The van der Waals surface area contributed by atoms with Gasteiger partial charge in [0.2, 0.25) is 0 Å². The number of methoxy groups -OCH3 is 1. The summed E-state index contributed by atoms with van der Waals surface area (Å²) in [5.74, 6) is -0.425. The van der Waals surface area contributed by atoms with Crippen LogP contribution < -0.4 is 10.5 Å². The smallest absolute Gasteiger partial charge is 0.403 e. The lowest BCUT2D eigenvalue weighted by Crippen LogP contribution is -2.39. The third-order valence-electron chi connectivity index (χ3n) is 2.11. The van der Waals surface area contributed by atoms with Crippen molar-refractivity contribution in [2.75, 3.05) is 7.11 Å². The van der Waals surface area contributed by atoms with Crippen molar-refractivity contribution in [1.29, 1.82) is 0 Å². The van der Waals surface area contributed by atoms with Gasteiger partial charge in [0.1, 0.15) is 17.6 Å². The zero-order valence-corrected chi connectivity index (χ0v) is 8.51. The molecule has 1 unspecified atom stereocenters. The quantitative estimate of drug-likeness (QED) is 0.818. The van der Waals surface area contributed by atoms with Gasteiger partial charge in [-0.05, 0) is 30.2 Å². The first kappa shape index (κ1) is 12.8. The summed E-state index contributed by atoms with van der Waals surface area (Å²) in [5.41, 5.74) is 4.80. The van der Waals surface area contributed by atoms with E-state index in [1.165, 1.54) is 19.2 Å². The number of benzene rings is 1. The molecule has 0 bridgehead atoms. The molecular weight excluding hydrogens is 226 g/mol. The van der Waals surface area contributed by atoms with Crippen molar-refractivity contribution >= 4 is 0 Å². The second-order valence-electron chi connectivity index (χ2n) is 3.31. The molecule has 2 nitrogen and oxygen atoms in total. The fraction of sp³-hybridized carbons (Fsp3) is 0.400. The van der Waals surface area contributed by atoms with Crippen LogP contribution in [-0.2, 0) is 6.42 Å². The highest BCUT2D eigenvalue weighted by Crippen LogP contribution is 2.24. The van der Waals surface area contributed by atoms with Crippen molar-refractivity contribution in [3.63, 3.8) is 0 Å². The molecule has 0 aliphatic rings. The van der Waals surface area contributed by atoms with Gasteiger partial charge in [-0.25, -0.2) is 4.39 Å². The van der Waals surface area contributed by atoms with E-state index in [0.717, 1.165) is 6.07 Å². The van der Waals surface area contributed by atoms with Crippen molar-refractivity contribution < 1.29 is 22.3 Å². The van der Waals surface area contributed by atoms with E-state index in [1.807, 2.05) is 0 Å². The van der Waals surface area contributed by atoms with E-state index < -0.39 is 24.5 Å². The summed E-state index contributed by atoms with van der Waals surface area (Å²) in [6, 6.07) is 1.52. The Hall–Kier alpha value is -1.30. The number of rotatable bonds is 3. The molecule has 0 radical (unpaired) electrons. The minimum Gasteiger partial charge on any atom is -0.497 e. The van der Waals surface area contributed by atoms with E-state index in [9.17, 15) is 17.6 Å². The Morgan fingerprint density at radius 3 is 2.50 bits per heavy atom. The molecule has 0 heterocycles.